The van der Waals surface area contributed by atoms with Crippen LogP contribution in [0.4, 0.5) is 0 Å². The highest BCUT2D eigenvalue weighted by atomic mass is 79.9. The predicted octanol–water partition coefficient (Wildman–Crippen LogP) is 5.51. The van der Waals surface area contributed by atoms with Crippen LogP contribution in [0.5, 0.6) is 0 Å². The third-order valence-electron chi connectivity index (χ3n) is 3.25. The molecule has 0 aliphatic carbocycles. The van der Waals surface area contributed by atoms with Gasteiger partial charge in [0.25, 0.3) is 0 Å². The molecule has 0 bridgehead atoms. The van der Waals surface area contributed by atoms with E-state index in [1.807, 2.05) is 37.3 Å². The quantitative estimate of drug-likeness (QED) is 0.751. The lowest BCUT2D eigenvalue weighted by atomic mass is 9.89. The third-order valence-corrected chi connectivity index (χ3v) is 4.41. The van der Waals surface area contributed by atoms with Gasteiger partial charge in [-0.3, -0.25) is 0 Å². The van der Waals surface area contributed by atoms with Crippen LogP contribution in [0.15, 0.2) is 40.9 Å². The minimum Gasteiger partial charge on any atom is -0.385 e. The van der Waals surface area contributed by atoms with E-state index >= 15 is 0 Å². The van der Waals surface area contributed by atoms with Gasteiger partial charge < -0.3 is 5.11 Å². The first-order chi connectivity index (χ1) is 9.29. The van der Waals surface area contributed by atoms with Crippen molar-refractivity contribution in [3.8, 4) is 0 Å². The first kappa shape index (κ1) is 15.8. The van der Waals surface area contributed by atoms with Crippen LogP contribution in [0.3, 0.4) is 0 Å². The molecule has 1 atom stereocenters. The van der Waals surface area contributed by atoms with Crippen molar-refractivity contribution in [1.29, 1.82) is 0 Å². The van der Waals surface area contributed by atoms with Gasteiger partial charge in [0.1, 0.15) is 0 Å². The molecule has 20 heavy (non-hydrogen) atoms. The third kappa shape index (κ3) is 3.56. The highest BCUT2D eigenvalue weighted by Crippen LogP contribution is 2.34. The second-order valence-corrected chi connectivity index (χ2v) is 6.90. The largest absolute Gasteiger partial charge is 0.385 e. The van der Waals surface area contributed by atoms with Gasteiger partial charge in [-0.15, -0.1) is 0 Å². The fourth-order valence-corrected chi connectivity index (χ4v) is 3.37. The number of benzene rings is 2. The Hall–Kier alpha value is -0.540. The van der Waals surface area contributed by atoms with Crippen molar-refractivity contribution in [3.63, 3.8) is 0 Å². The van der Waals surface area contributed by atoms with Crippen LogP contribution in [0, 0.1) is 6.92 Å². The molecule has 1 N–H and O–H groups in total. The molecule has 0 radical (unpaired) electrons. The van der Waals surface area contributed by atoms with Crippen molar-refractivity contribution in [2.24, 2.45) is 0 Å². The molecule has 0 saturated heterocycles. The molecule has 2 aromatic rings. The molecule has 1 nitrogen and oxygen atoms in total. The SMILES string of the molecule is Cc1ccc(CC(C)(O)c2ccc(Br)cc2Cl)c(Cl)c1. The van der Waals surface area contributed by atoms with E-state index < -0.39 is 5.60 Å². The normalized spacial score (nSPS) is 14.1. The highest BCUT2D eigenvalue weighted by Gasteiger charge is 2.27. The molecule has 0 spiro atoms. The Morgan fingerprint density at radius 3 is 2.40 bits per heavy atom. The summed E-state index contributed by atoms with van der Waals surface area (Å²) in [6.45, 7) is 3.73. The Morgan fingerprint density at radius 2 is 1.80 bits per heavy atom. The van der Waals surface area contributed by atoms with E-state index in [0.717, 1.165) is 15.6 Å². The number of halogens is 3. The molecule has 2 aromatic carbocycles. The van der Waals surface area contributed by atoms with E-state index in [0.29, 0.717) is 22.0 Å². The Balaban J connectivity index is 2.35. The molecular weight excluding hydrogens is 359 g/mol. The first-order valence-electron chi connectivity index (χ1n) is 6.22. The van der Waals surface area contributed by atoms with Crippen molar-refractivity contribution < 1.29 is 5.11 Å². The summed E-state index contributed by atoms with van der Waals surface area (Å²) in [7, 11) is 0. The predicted molar refractivity (Wildman–Crippen MR) is 88.6 cm³/mol. The van der Waals surface area contributed by atoms with Crippen molar-refractivity contribution >= 4 is 39.1 Å². The summed E-state index contributed by atoms with van der Waals surface area (Å²) in [6, 6.07) is 11.3. The molecule has 0 amide bonds. The molecule has 0 aliphatic heterocycles. The summed E-state index contributed by atoms with van der Waals surface area (Å²) in [6.07, 6.45) is 0.410. The van der Waals surface area contributed by atoms with Crippen molar-refractivity contribution in [3.05, 3.63) is 67.6 Å². The summed E-state index contributed by atoms with van der Waals surface area (Å²) in [5, 5.41) is 11.9. The van der Waals surface area contributed by atoms with Gasteiger partial charge in [0.2, 0.25) is 0 Å². The lowest BCUT2D eigenvalue weighted by Gasteiger charge is -2.26. The van der Waals surface area contributed by atoms with Gasteiger partial charge in [0, 0.05) is 26.5 Å². The molecule has 0 saturated carbocycles. The van der Waals surface area contributed by atoms with Crippen LogP contribution in [0.1, 0.15) is 23.6 Å². The fourth-order valence-electron chi connectivity index (χ4n) is 2.19. The first-order valence-corrected chi connectivity index (χ1v) is 7.77. The van der Waals surface area contributed by atoms with Gasteiger partial charge in [0.05, 0.1) is 5.60 Å². The smallest absolute Gasteiger partial charge is 0.0923 e. The molecule has 0 heterocycles. The lowest BCUT2D eigenvalue weighted by Crippen LogP contribution is -2.25. The van der Waals surface area contributed by atoms with Gasteiger partial charge in [-0.25, -0.2) is 0 Å². The van der Waals surface area contributed by atoms with Crippen LogP contribution >= 0.6 is 39.1 Å². The average Bonchev–Trinajstić information content (AvgIpc) is 2.32. The van der Waals surface area contributed by atoms with Gasteiger partial charge >= 0.3 is 0 Å². The van der Waals surface area contributed by atoms with Crippen molar-refractivity contribution in [2.75, 3.05) is 0 Å². The number of aliphatic hydroxyl groups is 1. The van der Waals surface area contributed by atoms with Crippen molar-refractivity contribution in [2.45, 2.75) is 25.9 Å². The van der Waals surface area contributed by atoms with E-state index in [9.17, 15) is 5.11 Å². The zero-order valence-corrected chi connectivity index (χ0v) is 14.4. The molecule has 0 aliphatic rings. The maximum absolute atomic E-state index is 10.7. The Labute approximate surface area is 137 Å². The number of hydrogen-bond donors (Lipinski definition) is 1. The van der Waals surface area contributed by atoms with E-state index in [1.165, 1.54) is 0 Å². The van der Waals surface area contributed by atoms with Crippen LogP contribution in [-0.4, -0.2) is 5.11 Å². The Morgan fingerprint density at radius 1 is 1.10 bits per heavy atom. The minimum absolute atomic E-state index is 0.410. The monoisotopic (exact) mass is 372 g/mol. The second-order valence-electron chi connectivity index (χ2n) is 5.17. The fraction of sp³-hybridized carbons (Fsp3) is 0.250. The van der Waals surface area contributed by atoms with E-state index in [-0.39, 0.29) is 0 Å². The molecule has 106 valence electrons. The van der Waals surface area contributed by atoms with E-state index in [1.54, 1.807) is 13.0 Å². The number of rotatable bonds is 3. The van der Waals surface area contributed by atoms with E-state index in [2.05, 4.69) is 15.9 Å². The standard InChI is InChI=1S/C16H15BrCl2O/c1-10-3-4-11(14(18)7-10)9-16(2,20)13-6-5-12(17)8-15(13)19/h3-8,20H,9H2,1-2H3. The molecular formula is C16H15BrCl2O. The lowest BCUT2D eigenvalue weighted by molar-refractivity contribution is 0.0577. The van der Waals surface area contributed by atoms with Crippen LogP contribution < -0.4 is 0 Å². The number of aryl methyl sites for hydroxylation is 1. The van der Waals surface area contributed by atoms with Crippen LogP contribution in [-0.2, 0) is 12.0 Å². The molecule has 0 aromatic heterocycles. The highest BCUT2D eigenvalue weighted by molar-refractivity contribution is 9.10. The molecule has 0 fully saturated rings. The zero-order valence-electron chi connectivity index (χ0n) is 11.3. The Bertz CT molecular complexity index is 638. The number of hydrogen-bond acceptors (Lipinski definition) is 1. The maximum Gasteiger partial charge on any atom is 0.0923 e. The van der Waals surface area contributed by atoms with Crippen LogP contribution in [0.25, 0.3) is 0 Å². The molecule has 4 heteroatoms. The van der Waals surface area contributed by atoms with Gasteiger partial charge in [-0.2, -0.15) is 0 Å². The van der Waals surface area contributed by atoms with E-state index in [4.69, 9.17) is 23.2 Å². The van der Waals surface area contributed by atoms with Crippen LogP contribution in [0.2, 0.25) is 10.0 Å². The van der Waals surface area contributed by atoms with Gasteiger partial charge in [-0.1, -0.05) is 57.3 Å². The molecule has 1 unspecified atom stereocenters. The van der Waals surface area contributed by atoms with Crippen molar-refractivity contribution in [1.82, 2.24) is 0 Å². The average molecular weight is 374 g/mol. The topological polar surface area (TPSA) is 20.2 Å². The summed E-state index contributed by atoms with van der Waals surface area (Å²) in [5.41, 5.74) is 1.62. The minimum atomic E-state index is -1.07. The van der Waals surface area contributed by atoms with Gasteiger partial charge in [-0.05, 0) is 43.2 Å². The summed E-state index contributed by atoms with van der Waals surface area (Å²) in [4.78, 5) is 0. The zero-order chi connectivity index (χ0) is 14.9. The summed E-state index contributed by atoms with van der Waals surface area (Å²) in [5.74, 6) is 0. The summed E-state index contributed by atoms with van der Waals surface area (Å²) >= 11 is 15.8. The second kappa shape index (κ2) is 6.07. The summed E-state index contributed by atoms with van der Waals surface area (Å²) < 4.78 is 0.885. The Kier molecular flexibility index (Phi) is 4.80. The van der Waals surface area contributed by atoms with Gasteiger partial charge in [0.15, 0.2) is 0 Å². The molecule has 2 rings (SSSR count). The maximum atomic E-state index is 10.7.